The standard InChI is InChI=1S/C8H15Br.C8H16O/c2*9-7-8-5-3-1-2-4-6-8/h8H,1-7H2;8-9H,1-7H2. The van der Waals surface area contributed by atoms with Gasteiger partial charge < -0.3 is 5.11 Å². The summed E-state index contributed by atoms with van der Waals surface area (Å²) in [5, 5.41) is 10.0. The Bertz CT molecular complexity index is 148. The second-order valence-electron chi connectivity index (χ2n) is 6.05. The summed E-state index contributed by atoms with van der Waals surface area (Å²) in [7, 11) is 0. The zero-order chi connectivity index (χ0) is 13.1. The van der Waals surface area contributed by atoms with Gasteiger partial charge in [-0.15, -0.1) is 0 Å². The lowest BCUT2D eigenvalue weighted by Crippen LogP contribution is -2.03. The second kappa shape index (κ2) is 11.3. The van der Waals surface area contributed by atoms with Gasteiger partial charge in [-0.3, -0.25) is 0 Å². The van der Waals surface area contributed by atoms with Crippen LogP contribution in [0.3, 0.4) is 0 Å². The summed E-state index contributed by atoms with van der Waals surface area (Å²) in [5.74, 6) is 1.62. The zero-order valence-electron chi connectivity index (χ0n) is 11.9. The Labute approximate surface area is 122 Å². The van der Waals surface area contributed by atoms with E-state index in [-0.39, 0.29) is 0 Å². The second-order valence-corrected chi connectivity index (χ2v) is 6.70. The first kappa shape index (κ1) is 16.5. The molecule has 0 radical (unpaired) electrons. The number of rotatable bonds is 2. The quantitative estimate of drug-likeness (QED) is 0.541. The fraction of sp³-hybridized carbons (Fsp3) is 1.00. The summed E-state index contributed by atoms with van der Waals surface area (Å²) in [6, 6.07) is 0. The van der Waals surface area contributed by atoms with Gasteiger partial charge in [0.1, 0.15) is 0 Å². The van der Waals surface area contributed by atoms with Gasteiger partial charge in [-0.2, -0.15) is 0 Å². The highest BCUT2D eigenvalue weighted by Crippen LogP contribution is 2.24. The van der Waals surface area contributed by atoms with Gasteiger partial charge in [0, 0.05) is 11.9 Å². The first-order valence-electron chi connectivity index (χ1n) is 8.03. The van der Waals surface area contributed by atoms with E-state index in [9.17, 15) is 0 Å². The normalized spacial score (nSPS) is 23.7. The molecule has 2 aliphatic rings. The van der Waals surface area contributed by atoms with Crippen molar-refractivity contribution in [1.29, 1.82) is 0 Å². The molecule has 0 aliphatic heterocycles. The molecule has 0 bridgehead atoms. The van der Waals surface area contributed by atoms with Crippen molar-refractivity contribution in [2.75, 3.05) is 11.9 Å². The van der Waals surface area contributed by atoms with Crippen molar-refractivity contribution in [3.63, 3.8) is 0 Å². The van der Waals surface area contributed by atoms with Crippen LogP contribution in [0.2, 0.25) is 0 Å². The first-order chi connectivity index (χ1) is 8.86. The van der Waals surface area contributed by atoms with Gasteiger partial charge in [-0.1, -0.05) is 67.3 Å². The van der Waals surface area contributed by atoms with Crippen LogP contribution < -0.4 is 0 Å². The summed E-state index contributed by atoms with van der Waals surface area (Å²) in [6.45, 7) is 0.417. The lowest BCUT2D eigenvalue weighted by Gasteiger charge is -2.07. The lowest BCUT2D eigenvalue weighted by atomic mass is 10.0. The summed E-state index contributed by atoms with van der Waals surface area (Å²) in [6.07, 6.45) is 16.8. The van der Waals surface area contributed by atoms with Crippen molar-refractivity contribution in [2.45, 2.75) is 77.0 Å². The molecule has 0 aromatic carbocycles. The lowest BCUT2D eigenvalue weighted by molar-refractivity contribution is 0.212. The molecule has 0 unspecified atom stereocenters. The van der Waals surface area contributed by atoms with Gasteiger partial charge in [0.2, 0.25) is 0 Å². The highest BCUT2D eigenvalue weighted by atomic mass is 79.9. The van der Waals surface area contributed by atoms with Gasteiger partial charge in [0.15, 0.2) is 0 Å². The molecule has 0 saturated heterocycles. The van der Waals surface area contributed by atoms with Crippen LogP contribution in [0.15, 0.2) is 0 Å². The number of hydrogen-bond donors (Lipinski definition) is 1. The Morgan fingerprint density at radius 2 is 1.06 bits per heavy atom. The van der Waals surface area contributed by atoms with Crippen molar-refractivity contribution in [3.8, 4) is 0 Å². The van der Waals surface area contributed by atoms with Crippen LogP contribution in [0.25, 0.3) is 0 Å². The van der Waals surface area contributed by atoms with Gasteiger partial charge >= 0.3 is 0 Å². The van der Waals surface area contributed by atoms with Crippen LogP contribution in [0, 0.1) is 11.8 Å². The average Bonchev–Trinajstić information content (AvgIpc) is 2.83. The van der Waals surface area contributed by atoms with Crippen molar-refractivity contribution in [2.24, 2.45) is 11.8 Å². The molecule has 1 N–H and O–H groups in total. The van der Waals surface area contributed by atoms with Crippen molar-refractivity contribution in [3.05, 3.63) is 0 Å². The van der Waals surface area contributed by atoms with Crippen LogP contribution in [-0.2, 0) is 0 Å². The third-order valence-corrected chi connectivity index (χ3v) is 5.34. The largest absolute Gasteiger partial charge is 0.396 e. The molecule has 108 valence electrons. The highest BCUT2D eigenvalue weighted by Gasteiger charge is 2.10. The third-order valence-electron chi connectivity index (χ3n) is 4.43. The smallest absolute Gasteiger partial charge is 0.0459 e. The maximum atomic E-state index is 8.82. The van der Waals surface area contributed by atoms with E-state index in [1.54, 1.807) is 0 Å². The predicted molar refractivity (Wildman–Crippen MR) is 83.3 cm³/mol. The SMILES string of the molecule is BrCC1CCCCCC1.OCC1CCCCCC1. The summed E-state index contributed by atoms with van der Waals surface area (Å²) >= 11 is 3.55. The van der Waals surface area contributed by atoms with Gasteiger partial charge in [-0.25, -0.2) is 0 Å². The van der Waals surface area contributed by atoms with E-state index in [4.69, 9.17) is 5.11 Å². The monoisotopic (exact) mass is 318 g/mol. The molecule has 2 aliphatic carbocycles. The number of aliphatic hydroxyl groups excluding tert-OH is 1. The Balaban J connectivity index is 0.000000180. The van der Waals surface area contributed by atoms with Crippen LogP contribution in [0.1, 0.15) is 77.0 Å². The van der Waals surface area contributed by atoms with E-state index in [2.05, 4.69) is 15.9 Å². The van der Waals surface area contributed by atoms with E-state index in [1.807, 2.05) is 0 Å². The van der Waals surface area contributed by atoms with E-state index >= 15 is 0 Å². The Morgan fingerprint density at radius 3 is 1.39 bits per heavy atom. The maximum Gasteiger partial charge on any atom is 0.0459 e. The topological polar surface area (TPSA) is 20.2 Å². The number of aliphatic hydroxyl groups is 1. The summed E-state index contributed by atoms with van der Waals surface area (Å²) in [4.78, 5) is 0. The van der Waals surface area contributed by atoms with Crippen molar-refractivity contribution >= 4 is 15.9 Å². The molecular formula is C16H31BrO. The van der Waals surface area contributed by atoms with E-state index in [0.717, 1.165) is 5.92 Å². The van der Waals surface area contributed by atoms with E-state index in [1.165, 1.54) is 82.4 Å². The van der Waals surface area contributed by atoms with Crippen molar-refractivity contribution in [1.82, 2.24) is 0 Å². The fourth-order valence-corrected chi connectivity index (χ4v) is 3.71. The average molecular weight is 319 g/mol. The molecule has 0 spiro atoms. The molecule has 2 heteroatoms. The molecule has 0 atom stereocenters. The predicted octanol–water partition coefficient (Wildman–Crippen LogP) is 5.30. The summed E-state index contributed by atoms with van der Waals surface area (Å²) < 4.78 is 0. The fourth-order valence-electron chi connectivity index (χ4n) is 3.06. The Morgan fingerprint density at radius 1 is 0.667 bits per heavy atom. The Kier molecular flexibility index (Phi) is 10.3. The van der Waals surface area contributed by atoms with Gasteiger partial charge in [-0.05, 0) is 37.5 Å². The van der Waals surface area contributed by atoms with Crippen molar-refractivity contribution < 1.29 is 5.11 Å². The zero-order valence-corrected chi connectivity index (χ0v) is 13.5. The first-order valence-corrected chi connectivity index (χ1v) is 9.15. The van der Waals surface area contributed by atoms with Gasteiger partial charge in [0.25, 0.3) is 0 Å². The molecule has 2 fully saturated rings. The third kappa shape index (κ3) is 7.78. The van der Waals surface area contributed by atoms with Gasteiger partial charge in [0.05, 0.1) is 0 Å². The van der Waals surface area contributed by atoms with Crippen LogP contribution in [0.5, 0.6) is 0 Å². The molecular weight excluding hydrogens is 288 g/mol. The molecule has 2 saturated carbocycles. The minimum Gasteiger partial charge on any atom is -0.396 e. The molecule has 18 heavy (non-hydrogen) atoms. The summed E-state index contributed by atoms with van der Waals surface area (Å²) in [5.41, 5.74) is 0. The van der Waals surface area contributed by atoms with Crippen LogP contribution in [-0.4, -0.2) is 17.0 Å². The molecule has 0 aromatic rings. The van der Waals surface area contributed by atoms with Crippen LogP contribution in [0.4, 0.5) is 0 Å². The highest BCUT2D eigenvalue weighted by molar-refractivity contribution is 9.09. The molecule has 0 aromatic heterocycles. The minimum atomic E-state index is 0.417. The minimum absolute atomic E-state index is 0.417. The number of halogens is 1. The molecule has 0 heterocycles. The number of alkyl halides is 1. The Hall–Kier alpha value is 0.440. The number of hydrogen-bond acceptors (Lipinski definition) is 1. The maximum absolute atomic E-state index is 8.82. The van der Waals surface area contributed by atoms with E-state index < -0.39 is 0 Å². The molecule has 2 rings (SSSR count). The van der Waals surface area contributed by atoms with E-state index in [0.29, 0.717) is 12.5 Å². The molecule has 0 amide bonds. The molecule has 1 nitrogen and oxygen atoms in total. The van der Waals surface area contributed by atoms with Crippen LogP contribution >= 0.6 is 15.9 Å².